The van der Waals surface area contributed by atoms with Gasteiger partial charge in [-0.3, -0.25) is 4.98 Å². The molecule has 0 aliphatic heterocycles. The zero-order valence-electron chi connectivity index (χ0n) is 13.4. The van der Waals surface area contributed by atoms with Gasteiger partial charge in [0.05, 0.1) is 35.0 Å². The molecule has 1 N–H and O–H groups in total. The molecule has 1 aromatic heterocycles. The molecule has 1 aromatic carbocycles. The average Bonchev–Trinajstić information content (AvgIpc) is 2.53. The molecule has 0 saturated carbocycles. The van der Waals surface area contributed by atoms with Crippen molar-refractivity contribution >= 4 is 46.7 Å². The third-order valence-corrected chi connectivity index (χ3v) is 4.27. The van der Waals surface area contributed by atoms with Crippen LogP contribution in [0, 0.1) is 6.92 Å². The lowest BCUT2D eigenvalue weighted by atomic mass is 9.92. The van der Waals surface area contributed by atoms with Crippen LogP contribution >= 0.6 is 34.8 Å². The topological polar surface area (TPSA) is 76.5 Å². The molecule has 0 atom stereocenters. The van der Waals surface area contributed by atoms with E-state index in [1.807, 2.05) is 0 Å². The predicted octanol–water partition coefficient (Wildman–Crippen LogP) is 4.98. The van der Waals surface area contributed by atoms with Gasteiger partial charge in [-0.15, -0.1) is 11.6 Å². The second-order valence-corrected chi connectivity index (χ2v) is 6.16. The number of aromatic carboxylic acids is 1. The van der Waals surface area contributed by atoms with Gasteiger partial charge in [-0.2, -0.15) is 0 Å². The van der Waals surface area contributed by atoms with Gasteiger partial charge in [0.25, 0.3) is 0 Å². The van der Waals surface area contributed by atoms with Crippen molar-refractivity contribution in [3.8, 4) is 11.1 Å². The van der Waals surface area contributed by atoms with Crippen LogP contribution in [0.3, 0.4) is 0 Å². The molecule has 0 fully saturated rings. The van der Waals surface area contributed by atoms with Crippen LogP contribution < -0.4 is 0 Å². The fourth-order valence-corrected chi connectivity index (χ4v) is 3.20. The minimum absolute atomic E-state index is 0.0101. The second-order valence-electron chi connectivity index (χ2n) is 5.05. The summed E-state index contributed by atoms with van der Waals surface area (Å²) in [6.07, 6.45) is 0. The van der Waals surface area contributed by atoms with Crippen molar-refractivity contribution in [2.24, 2.45) is 0 Å². The number of hydrogen-bond donors (Lipinski definition) is 1. The number of halogens is 3. The van der Waals surface area contributed by atoms with Gasteiger partial charge in [-0.05, 0) is 26.0 Å². The van der Waals surface area contributed by atoms with Crippen LogP contribution in [0.25, 0.3) is 11.1 Å². The summed E-state index contributed by atoms with van der Waals surface area (Å²) in [6, 6.07) is 4.57. The molecule has 8 heteroatoms. The van der Waals surface area contributed by atoms with Gasteiger partial charge in [0.15, 0.2) is 0 Å². The van der Waals surface area contributed by atoms with Crippen molar-refractivity contribution in [1.29, 1.82) is 0 Å². The first-order valence-electron chi connectivity index (χ1n) is 7.27. The highest BCUT2D eigenvalue weighted by Crippen LogP contribution is 2.37. The van der Waals surface area contributed by atoms with Gasteiger partial charge in [0.1, 0.15) is 0 Å². The smallest absolute Gasteiger partial charge is 0.340 e. The SMILES string of the molecule is CCOC(=O)c1c(CCl)nc(C)c(C(=O)O)c1-c1ccc(Cl)cc1Cl. The number of carboxylic acids is 1. The zero-order chi connectivity index (χ0) is 18.7. The summed E-state index contributed by atoms with van der Waals surface area (Å²) in [5.41, 5.74) is 0.755. The number of carbonyl (C=O) groups excluding carboxylic acids is 1. The molecule has 132 valence electrons. The molecule has 0 unspecified atom stereocenters. The van der Waals surface area contributed by atoms with E-state index >= 15 is 0 Å². The maximum absolute atomic E-state index is 12.5. The number of carboxylic acid groups (broad SMARTS) is 1. The summed E-state index contributed by atoms with van der Waals surface area (Å²) in [5.74, 6) is -2.04. The van der Waals surface area contributed by atoms with Crippen LogP contribution in [0.2, 0.25) is 10.0 Å². The first-order valence-corrected chi connectivity index (χ1v) is 8.56. The maximum Gasteiger partial charge on any atom is 0.340 e. The number of alkyl halides is 1. The molecule has 5 nitrogen and oxygen atoms in total. The van der Waals surface area contributed by atoms with Crippen molar-refractivity contribution in [3.05, 3.63) is 50.8 Å². The van der Waals surface area contributed by atoms with E-state index in [9.17, 15) is 14.7 Å². The Morgan fingerprint density at radius 3 is 2.44 bits per heavy atom. The summed E-state index contributed by atoms with van der Waals surface area (Å²) in [6.45, 7) is 3.29. The number of aryl methyl sites for hydroxylation is 1. The van der Waals surface area contributed by atoms with Gasteiger partial charge < -0.3 is 9.84 Å². The van der Waals surface area contributed by atoms with E-state index in [1.165, 1.54) is 13.0 Å². The molecule has 0 amide bonds. The molecule has 0 saturated heterocycles. The van der Waals surface area contributed by atoms with E-state index in [0.717, 1.165) is 0 Å². The monoisotopic (exact) mass is 401 g/mol. The van der Waals surface area contributed by atoms with E-state index in [1.54, 1.807) is 19.1 Å². The van der Waals surface area contributed by atoms with Gasteiger partial charge in [0, 0.05) is 21.2 Å². The molecule has 0 aliphatic rings. The van der Waals surface area contributed by atoms with Crippen LogP contribution in [-0.4, -0.2) is 28.6 Å². The van der Waals surface area contributed by atoms with E-state index in [-0.39, 0.29) is 45.6 Å². The highest BCUT2D eigenvalue weighted by molar-refractivity contribution is 6.36. The molecule has 0 radical (unpaired) electrons. The lowest BCUT2D eigenvalue weighted by molar-refractivity contribution is 0.0525. The molecule has 0 aliphatic carbocycles. The Morgan fingerprint density at radius 2 is 1.92 bits per heavy atom. The Balaban J connectivity index is 2.96. The number of ether oxygens (including phenoxy) is 1. The van der Waals surface area contributed by atoms with Crippen molar-refractivity contribution in [2.45, 2.75) is 19.7 Å². The van der Waals surface area contributed by atoms with Crippen LogP contribution in [0.15, 0.2) is 18.2 Å². The van der Waals surface area contributed by atoms with Crippen LogP contribution in [0.5, 0.6) is 0 Å². The van der Waals surface area contributed by atoms with Crippen molar-refractivity contribution in [2.75, 3.05) is 6.61 Å². The Bertz CT molecular complexity index is 852. The number of esters is 1. The molecule has 0 spiro atoms. The fraction of sp³-hybridized carbons (Fsp3) is 0.235. The van der Waals surface area contributed by atoms with Gasteiger partial charge >= 0.3 is 11.9 Å². The summed E-state index contributed by atoms with van der Waals surface area (Å²) >= 11 is 18.1. The molecule has 2 aromatic rings. The number of aromatic nitrogens is 1. The number of benzene rings is 1. The molecule has 0 bridgehead atoms. The molecule has 25 heavy (non-hydrogen) atoms. The maximum atomic E-state index is 12.5. The normalized spacial score (nSPS) is 10.6. The largest absolute Gasteiger partial charge is 0.478 e. The summed E-state index contributed by atoms with van der Waals surface area (Å²) < 4.78 is 5.07. The Kier molecular flexibility index (Phi) is 6.27. The Labute approximate surface area is 159 Å². The number of rotatable bonds is 5. The van der Waals surface area contributed by atoms with Crippen LogP contribution in [0.4, 0.5) is 0 Å². The summed E-state index contributed by atoms with van der Waals surface area (Å²) in [4.78, 5) is 28.5. The molecular weight excluding hydrogens is 389 g/mol. The predicted molar refractivity (Wildman–Crippen MR) is 96.9 cm³/mol. The quantitative estimate of drug-likeness (QED) is 0.564. The van der Waals surface area contributed by atoms with Crippen LogP contribution in [-0.2, 0) is 10.6 Å². The van der Waals surface area contributed by atoms with Gasteiger partial charge in [0.2, 0.25) is 0 Å². The standard InChI is InChI=1S/C17H14Cl3NO4/c1-3-25-17(24)15-12(7-18)21-8(2)13(16(22)23)14(15)10-5-4-9(19)6-11(10)20/h4-6H,3,7H2,1-2H3,(H,22,23). The first-order chi connectivity index (χ1) is 11.8. The molecule has 2 rings (SSSR count). The Morgan fingerprint density at radius 1 is 1.24 bits per heavy atom. The summed E-state index contributed by atoms with van der Waals surface area (Å²) in [7, 11) is 0. The van der Waals surface area contributed by atoms with Gasteiger partial charge in [-0.25, -0.2) is 9.59 Å². The average molecular weight is 403 g/mol. The van der Waals surface area contributed by atoms with Crippen molar-refractivity contribution in [1.82, 2.24) is 4.98 Å². The molecular formula is C17H14Cl3NO4. The minimum atomic E-state index is -1.24. The number of nitrogens with zero attached hydrogens (tertiary/aromatic N) is 1. The lowest BCUT2D eigenvalue weighted by Crippen LogP contribution is -2.17. The van der Waals surface area contributed by atoms with E-state index in [4.69, 9.17) is 39.5 Å². The van der Waals surface area contributed by atoms with Crippen molar-refractivity contribution in [3.63, 3.8) is 0 Å². The van der Waals surface area contributed by atoms with E-state index in [2.05, 4.69) is 4.98 Å². The van der Waals surface area contributed by atoms with E-state index in [0.29, 0.717) is 10.6 Å². The third kappa shape index (κ3) is 3.89. The highest BCUT2D eigenvalue weighted by atomic mass is 35.5. The van der Waals surface area contributed by atoms with E-state index < -0.39 is 11.9 Å². The lowest BCUT2D eigenvalue weighted by Gasteiger charge is -2.18. The first kappa shape index (κ1) is 19.5. The van der Waals surface area contributed by atoms with Gasteiger partial charge in [-0.1, -0.05) is 29.3 Å². The third-order valence-electron chi connectivity index (χ3n) is 3.47. The Hall–Kier alpha value is -1.82. The molecule has 1 heterocycles. The van der Waals surface area contributed by atoms with Crippen molar-refractivity contribution < 1.29 is 19.4 Å². The second kappa shape index (κ2) is 8.04. The number of carbonyl (C=O) groups is 2. The minimum Gasteiger partial charge on any atom is -0.478 e. The highest BCUT2D eigenvalue weighted by Gasteiger charge is 2.29. The number of hydrogen-bond acceptors (Lipinski definition) is 4. The number of pyridine rings is 1. The summed E-state index contributed by atoms with van der Waals surface area (Å²) in [5, 5.41) is 10.2. The van der Waals surface area contributed by atoms with Crippen LogP contribution in [0.1, 0.15) is 39.0 Å². The zero-order valence-corrected chi connectivity index (χ0v) is 15.7. The fourth-order valence-electron chi connectivity index (χ4n) is 2.51.